The number of benzene rings is 3. The van der Waals surface area contributed by atoms with Gasteiger partial charge in [0, 0.05) is 60.7 Å². The molecule has 22 N–H and O–H groups in total. The molecule has 0 aliphatic carbocycles. The lowest BCUT2D eigenvalue weighted by Gasteiger charge is -2.09. The number of nitrogens with two attached hydrogens (primary N) is 6. The fourth-order valence-corrected chi connectivity index (χ4v) is 9.47. The van der Waals surface area contributed by atoms with Crippen LogP contribution in [0.2, 0.25) is 0 Å². The zero-order valence-electron chi connectivity index (χ0n) is 66.3. The van der Waals surface area contributed by atoms with Gasteiger partial charge in [-0.1, -0.05) is 84.9 Å². The number of carboxylic acid groups (broad SMARTS) is 6. The molecule has 0 unspecified atom stereocenters. The normalized spacial score (nSPS) is 12.0. The highest BCUT2D eigenvalue weighted by atomic mass is 16.4. The highest BCUT2D eigenvalue weighted by Crippen LogP contribution is 2.18. The Morgan fingerprint density at radius 3 is 1.04 bits per heavy atom. The maximum atomic E-state index is 10.8. The molecule has 122 heavy (non-hydrogen) atoms. The lowest BCUT2D eigenvalue weighted by Crippen LogP contribution is -2.32. The molecule has 0 amide bonds. The molecule has 0 fully saturated rings. The standard InChI is InChI=1S/2C13H16N6O2.C12H15N7O2.C12H14N6O2.C12H13N5O2.C11H13N7O2/c1-8-16-18-13(19-17-8)15-7-10-4-2-9(3-5-10)6-11(14)12(20)21;1-8-16-18-13(19-17-8)15-7-10-4-2-3-9(5-10)6-11(14)12(20)21;1-7-16-18-12(19-17-7)15-6-9-3-2-8(5-14-9)4-10(13)11(20)21;1-7-15-17-11(18-16-7)5-9-3-2-8(6-14-9)4-10(13)12(19)20;1-7-14-16-11(17-15-7)9-4-2-8(3-5-9)6-10(13)12(18)19;1-6-15-17-11(18-16-6)14-7-2-3-13-8(4-7)5-9(12)10(19)20/h2*2-5,11H,6-7,14H2,1H3,(H,20,21)(H,15,18,19);2-3,5,10H,4,6,13H2,1H3,(H,20,21)(H,15,18,19);2-3,6,10H,4-5,13H2,1H3,(H,19,20);2-5,10H,6,13H2,1H3,(H,18,19);2-4,9H,5,12H2,1H3,(H,19,20)(H,13,14,17,18)/t2*11-;3*10-;9-/m000000/s1. The zero-order chi connectivity index (χ0) is 88.6. The predicted octanol–water partition coefficient (Wildman–Crippen LogP) is -0.801. The number of pyridine rings is 3. The highest BCUT2D eigenvalue weighted by molar-refractivity contribution is 5.76. The first-order valence-corrected chi connectivity index (χ1v) is 36.5. The van der Waals surface area contributed by atoms with Gasteiger partial charge in [-0.05, 0) is 137 Å². The lowest BCUT2D eigenvalue weighted by molar-refractivity contribution is -0.139. The third kappa shape index (κ3) is 34.8. The van der Waals surface area contributed by atoms with Crippen LogP contribution in [0.3, 0.4) is 0 Å². The van der Waals surface area contributed by atoms with Gasteiger partial charge in [0.1, 0.15) is 36.3 Å². The van der Waals surface area contributed by atoms with E-state index in [4.69, 9.17) is 65.0 Å². The van der Waals surface area contributed by atoms with E-state index < -0.39 is 72.1 Å². The van der Waals surface area contributed by atoms with Crippen molar-refractivity contribution in [3.05, 3.63) is 225 Å². The van der Waals surface area contributed by atoms with Gasteiger partial charge in [-0.15, -0.1) is 122 Å². The number of hydrogen-bond donors (Lipinski definition) is 16. The molecule has 49 nitrogen and oxygen atoms in total. The Hall–Kier alpha value is -15.5. The molecular weight excluding hydrogens is 1590 g/mol. The summed E-state index contributed by atoms with van der Waals surface area (Å²) >= 11 is 0. The number of nitrogens with one attached hydrogen (secondary N) is 4. The molecule has 0 spiro atoms. The van der Waals surface area contributed by atoms with Crippen LogP contribution in [-0.2, 0) is 93.3 Å². The van der Waals surface area contributed by atoms with E-state index in [1.165, 1.54) is 0 Å². The average molecular weight is 1670 g/mol. The summed E-state index contributed by atoms with van der Waals surface area (Å²) in [5.74, 6) is -0.968. The fourth-order valence-electron chi connectivity index (χ4n) is 9.47. The average Bonchev–Trinajstić information content (AvgIpc) is 0.861. The van der Waals surface area contributed by atoms with Gasteiger partial charge in [-0.3, -0.25) is 43.7 Å². The third-order valence-electron chi connectivity index (χ3n) is 15.9. The Balaban J connectivity index is 0.000000202. The molecule has 9 aromatic heterocycles. The molecule has 12 rings (SSSR count). The maximum Gasteiger partial charge on any atom is 0.320 e. The van der Waals surface area contributed by atoms with Crippen molar-refractivity contribution in [1.82, 2.24) is 137 Å². The first-order valence-electron chi connectivity index (χ1n) is 36.5. The van der Waals surface area contributed by atoms with E-state index in [-0.39, 0.29) is 38.1 Å². The summed E-state index contributed by atoms with van der Waals surface area (Å²) in [5.41, 5.74) is 42.5. The molecule has 12 aromatic rings. The van der Waals surface area contributed by atoms with Crippen LogP contribution >= 0.6 is 0 Å². The van der Waals surface area contributed by atoms with Crippen LogP contribution in [0, 0.1) is 41.5 Å². The van der Waals surface area contributed by atoms with Crippen LogP contribution in [0.25, 0.3) is 11.4 Å². The van der Waals surface area contributed by atoms with Crippen LogP contribution in [0.15, 0.2) is 128 Å². The number of nitrogens with zero attached hydrogens (tertiary/aromatic N) is 27. The van der Waals surface area contributed by atoms with E-state index in [9.17, 15) is 28.8 Å². The van der Waals surface area contributed by atoms with Crippen LogP contribution < -0.4 is 55.7 Å². The minimum atomic E-state index is -1.07. The van der Waals surface area contributed by atoms with Gasteiger partial charge in [-0.2, -0.15) is 0 Å². The van der Waals surface area contributed by atoms with Crippen molar-refractivity contribution in [3.8, 4) is 11.4 Å². The Bertz CT molecular complexity index is 5160. The summed E-state index contributed by atoms with van der Waals surface area (Å²) in [5, 5.41) is 156. The molecule has 0 saturated heterocycles. The zero-order valence-corrected chi connectivity index (χ0v) is 66.3. The van der Waals surface area contributed by atoms with E-state index in [1.54, 1.807) is 121 Å². The summed E-state index contributed by atoms with van der Waals surface area (Å²) in [6, 6.07) is 27.2. The minimum Gasteiger partial charge on any atom is -0.480 e. The van der Waals surface area contributed by atoms with Crippen molar-refractivity contribution >= 4 is 65.3 Å². The first-order chi connectivity index (χ1) is 58.3. The maximum absolute atomic E-state index is 10.8. The molecule has 0 radical (unpaired) electrons. The van der Waals surface area contributed by atoms with Crippen LogP contribution in [0.5, 0.6) is 0 Å². The number of aliphatic carboxylic acids is 6. The van der Waals surface area contributed by atoms with Gasteiger partial charge in [0.15, 0.2) is 40.8 Å². The smallest absolute Gasteiger partial charge is 0.320 e. The Kier molecular flexibility index (Phi) is 37.1. The number of aryl methyl sites for hydroxylation is 6. The SMILES string of the molecule is Cc1nnc(-c2ccc(C[C@H](N)C(=O)O)cc2)nn1.Cc1nnc(Cc2ccc(C[C@H](N)C(=O)O)cn2)nn1.Cc1nnc(NCc2ccc(C[C@H](N)C(=O)O)cc2)nn1.Cc1nnc(NCc2ccc(C[C@H](N)C(=O)O)cn2)nn1.Cc1nnc(NCc2cccc(C[C@H](N)C(=O)O)c2)nn1.Cc1nnc(Nc2ccnc(C[C@H](N)C(=O)O)c2)nn1. The number of hydrogen-bond acceptors (Lipinski definition) is 43. The molecule has 0 aliphatic heterocycles. The van der Waals surface area contributed by atoms with E-state index >= 15 is 0 Å². The van der Waals surface area contributed by atoms with Crippen molar-refractivity contribution in [3.63, 3.8) is 0 Å². The first kappa shape index (κ1) is 93.7. The molecule has 636 valence electrons. The summed E-state index contributed by atoms with van der Waals surface area (Å²) in [6.45, 7) is 11.7. The summed E-state index contributed by atoms with van der Waals surface area (Å²) in [6.07, 6.45) is 6.66. The van der Waals surface area contributed by atoms with Crippen molar-refractivity contribution in [2.24, 2.45) is 34.4 Å². The second kappa shape index (κ2) is 48.3. The van der Waals surface area contributed by atoms with Crippen molar-refractivity contribution in [2.45, 2.75) is 142 Å². The molecule has 0 aliphatic rings. The second-order valence-corrected chi connectivity index (χ2v) is 26.2. The highest BCUT2D eigenvalue weighted by Gasteiger charge is 2.19. The second-order valence-electron chi connectivity index (χ2n) is 26.2. The Morgan fingerprint density at radius 2 is 0.631 bits per heavy atom. The van der Waals surface area contributed by atoms with E-state index in [0.29, 0.717) is 108 Å². The van der Waals surface area contributed by atoms with Gasteiger partial charge < -0.3 is 86.3 Å². The molecule has 3 aromatic carbocycles. The lowest BCUT2D eigenvalue weighted by atomic mass is 10.0. The topological polar surface area (TPSA) is 776 Å². The van der Waals surface area contributed by atoms with Gasteiger partial charge in [-0.25, -0.2) is 0 Å². The van der Waals surface area contributed by atoms with Crippen molar-refractivity contribution < 1.29 is 59.4 Å². The molecule has 0 saturated carbocycles. The Morgan fingerprint density at radius 1 is 0.303 bits per heavy atom. The largest absolute Gasteiger partial charge is 0.480 e. The van der Waals surface area contributed by atoms with Crippen LogP contribution in [0.1, 0.15) is 96.8 Å². The van der Waals surface area contributed by atoms with Gasteiger partial charge >= 0.3 is 35.8 Å². The molecule has 6 atom stereocenters. The van der Waals surface area contributed by atoms with Crippen LogP contribution in [0.4, 0.5) is 29.5 Å². The number of rotatable bonds is 32. The summed E-state index contributed by atoms with van der Waals surface area (Å²) < 4.78 is 0. The van der Waals surface area contributed by atoms with E-state index in [1.807, 2.05) is 48.5 Å². The molecule has 9 heterocycles. The Labute approximate surface area is 693 Å². The quantitative estimate of drug-likeness (QED) is 0.0245. The van der Waals surface area contributed by atoms with Gasteiger partial charge in [0.25, 0.3) is 23.8 Å². The fraction of sp³-hybridized carbons (Fsp3) is 0.301. The molecule has 49 heteroatoms. The minimum absolute atomic E-state index is 0.135. The number of carbonyl (C=O) groups is 6. The van der Waals surface area contributed by atoms with Crippen molar-refractivity contribution in [2.75, 3.05) is 21.3 Å². The monoisotopic (exact) mass is 1670 g/mol. The van der Waals surface area contributed by atoms with Gasteiger partial charge in [0.2, 0.25) is 5.82 Å². The number of aromatic nitrogens is 27. The number of anilines is 5. The molecular formula is C73H87N37O12. The number of carboxylic acids is 6. The molecule has 0 bridgehead atoms. The van der Waals surface area contributed by atoms with Gasteiger partial charge in [0.05, 0.1) is 18.7 Å². The summed E-state index contributed by atoms with van der Waals surface area (Å²) in [7, 11) is 0. The summed E-state index contributed by atoms with van der Waals surface area (Å²) in [4.78, 5) is 76.7. The third-order valence-corrected chi connectivity index (χ3v) is 15.9. The predicted molar refractivity (Wildman–Crippen MR) is 429 cm³/mol. The van der Waals surface area contributed by atoms with E-state index in [2.05, 4.69) is 159 Å². The van der Waals surface area contributed by atoms with Crippen LogP contribution in [-0.4, -0.2) is 240 Å². The van der Waals surface area contributed by atoms with Crippen molar-refractivity contribution in [1.29, 1.82) is 0 Å². The van der Waals surface area contributed by atoms with E-state index in [0.717, 1.165) is 55.9 Å².